The lowest BCUT2D eigenvalue weighted by atomic mass is 9.77. The molecular weight excluding hydrogens is 312 g/mol. The number of hydrogen-bond donors (Lipinski definition) is 3. The van der Waals surface area contributed by atoms with Crippen LogP contribution in [0, 0.1) is 5.92 Å². The topological polar surface area (TPSA) is 61.4 Å². The zero-order chi connectivity index (χ0) is 17.5. The van der Waals surface area contributed by atoms with E-state index in [1.54, 1.807) is 12.1 Å². The molecule has 25 heavy (non-hydrogen) atoms. The van der Waals surface area contributed by atoms with Gasteiger partial charge in [-0.1, -0.05) is 48.9 Å². The van der Waals surface area contributed by atoms with Crippen molar-refractivity contribution >= 4 is 6.03 Å². The lowest BCUT2D eigenvalue weighted by Crippen LogP contribution is -2.42. The fourth-order valence-electron chi connectivity index (χ4n) is 3.26. The van der Waals surface area contributed by atoms with Crippen LogP contribution in [0.25, 0.3) is 0 Å². The van der Waals surface area contributed by atoms with Gasteiger partial charge in [0.05, 0.1) is 6.04 Å². The van der Waals surface area contributed by atoms with Gasteiger partial charge in [-0.15, -0.1) is 0 Å². The number of aromatic hydroxyl groups is 1. The summed E-state index contributed by atoms with van der Waals surface area (Å²) >= 11 is 0. The predicted molar refractivity (Wildman–Crippen MR) is 99.5 cm³/mol. The summed E-state index contributed by atoms with van der Waals surface area (Å²) in [4.78, 5) is 12.3. The van der Waals surface area contributed by atoms with Crippen molar-refractivity contribution in [1.82, 2.24) is 10.6 Å². The van der Waals surface area contributed by atoms with Gasteiger partial charge in [0.15, 0.2) is 0 Å². The Hall–Kier alpha value is -2.49. The number of phenols is 1. The fourth-order valence-corrected chi connectivity index (χ4v) is 3.26. The maximum Gasteiger partial charge on any atom is 0.315 e. The van der Waals surface area contributed by atoms with E-state index < -0.39 is 0 Å². The van der Waals surface area contributed by atoms with Gasteiger partial charge in [0.1, 0.15) is 5.75 Å². The van der Waals surface area contributed by atoms with Crippen LogP contribution in [0.1, 0.15) is 42.9 Å². The molecule has 4 heteroatoms. The Morgan fingerprint density at radius 2 is 1.80 bits per heavy atom. The number of aryl methyl sites for hydroxylation is 1. The molecule has 3 N–H and O–H groups in total. The van der Waals surface area contributed by atoms with E-state index in [1.165, 1.54) is 24.8 Å². The molecule has 4 nitrogen and oxygen atoms in total. The molecule has 0 radical (unpaired) electrons. The molecule has 1 atom stereocenters. The number of amides is 2. The molecule has 0 heterocycles. The normalized spacial score (nSPS) is 15.2. The molecular formula is C21H26N2O2. The highest BCUT2D eigenvalue weighted by atomic mass is 16.3. The second kappa shape index (κ2) is 8.56. The van der Waals surface area contributed by atoms with Crippen molar-refractivity contribution in [3.8, 4) is 5.75 Å². The third kappa shape index (κ3) is 4.99. The molecule has 132 valence electrons. The number of carbonyl (C=O) groups is 1. The lowest BCUT2D eigenvalue weighted by Gasteiger charge is -2.34. The van der Waals surface area contributed by atoms with Crippen LogP contribution in [0.2, 0.25) is 0 Å². The average Bonchev–Trinajstić information content (AvgIpc) is 2.59. The van der Waals surface area contributed by atoms with Gasteiger partial charge < -0.3 is 15.7 Å². The summed E-state index contributed by atoms with van der Waals surface area (Å²) in [6.45, 7) is 0.638. The zero-order valence-electron chi connectivity index (χ0n) is 14.4. The molecule has 1 aliphatic carbocycles. The predicted octanol–water partition coefficient (Wildman–Crippen LogP) is 4.17. The van der Waals surface area contributed by atoms with Crippen LogP contribution in [-0.2, 0) is 6.42 Å². The maximum atomic E-state index is 12.3. The van der Waals surface area contributed by atoms with Crippen molar-refractivity contribution in [3.05, 3.63) is 65.7 Å². The number of rotatable bonds is 7. The molecule has 3 rings (SSSR count). The minimum absolute atomic E-state index is 0.0912. The summed E-state index contributed by atoms with van der Waals surface area (Å²) in [5.74, 6) is 0.828. The molecule has 1 saturated carbocycles. The molecule has 0 aromatic heterocycles. The second-order valence-electron chi connectivity index (χ2n) is 6.75. The third-order valence-electron chi connectivity index (χ3n) is 4.93. The van der Waals surface area contributed by atoms with Gasteiger partial charge in [-0.3, -0.25) is 0 Å². The first-order chi connectivity index (χ1) is 12.2. The summed E-state index contributed by atoms with van der Waals surface area (Å²) in [6, 6.07) is 17.5. The van der Waals surface area contributed by atoms with Crippen LogP contribution in [0.5, 0.6) is 5.75 Å². The summed E-state index contributed by atoms with van der Waals surface area (Å²) in [7, 11) is 0. The first-order valence-electron chi connectivity index (χ1n) is 9.09. The van der Waals surface area contributed by atoms with Gasteiger partial charge in [0, 0.05) is 6.54 Å². The molecule has 1 fully saturated rings. The van der Waals surface area contributed by atoms with E-state index in [2.05, 4.69) is 22.8 Å². The van der Waals surface area contributed by atoms with Gasteiger partial charge >= 0.3 is 6.03 Å². The Bertz CT molecular complexity index is 666. The number of phenolic OH excluding ortho intramolecular Hbond substituents is 1. The number of urea groups is 1. The van der Waals surface area contributed by atoms with Crippen LogP contribution in [0.15, 0.2) is 54.6 Å². The number of benzene rings is 2. The van der Waals surface area contributed by atoms with Crippen molar-refractivity contribution < 1.29 is 9.90 Å². The van der Waals surface area contributed by atoms with Crippen molar-refractivity contribution in [3.63, 3.8) is 0 Å². The molecule has 1 aliphatic rings. The molecule has 1 unspecified atom stereocenters. The van der Waals surface area contributed by atoms with Crippen molar-refractivity contribution in [2.24, 2.45) is 5.92 Å². The first-order valence-corrected chi connectivity index (χ1v) is 9.09. The zero-order valence-corrected chi connectivity index (χ0v) is 14.4. The molecule has 2 aromatic carbocycles. The van der Waals surface area contributed by atoms with E-state index in [4.69, 9.17) is 0 Å². The fraction of sp³-hybridized carbons (Fsp3) is 0.381. The molecule has 2 aromatic rings. The highest BCUT2D eigenvalue weighted by Crippen LogP contribution is 2.37. The van der Waals surface area contributed by atoms with Gasteiger partial charge in [-0.2, -0.15) is 0 Å². The standard InChI is InChI=1S/C21H26N2O2/c24-19-13-11-16(12-14-19)6-5-15-22-21(25)23-20(18-9-4-10-18)17-7-2-1-3-8-17/h1-3,7-8,11-14,18,20,24H,4-6,9-10,15H2,(H2,22,23,25). The van der Waals surface area contributed by atoms with E-state index in [9.17, 15) is 9.90 Å². The molecule has 0 spiro atoms. The Balaban J connectivity index is 1.44. The van der Waals surface area contributed by atoms with Crippen LogP contribution in [0.3, 0.4) is 0 Å². The Kier molecular flexibility index (Phi) is 5.94. The first kappa shape index (κ1) is 17.3. The van der Waals surface area contributed by atoms with E-state index in [0.29, 0.717) is 12.5 Å². The monoisotopic (exact) mass is 338 g/mol. The summed E-state index contributed by atoms with van der Waals surface area (Å²) in [6.07, 6.45) is 5.37. The van der Waals surface area contributed by atoms with Crippen molar-refractivity contribution in [2.45, 2.75) is 38.1 Å². The highest BCUT2D eigenvalue weighted by Gasteiger charge is 2.29. The van der Waals surface area contributed by atoms with E-state index in [0.717, 1.165) is 18.4 Å². The molecule has 0 bridgehead atoms. The lowest BCUT2D eigenvalue weighted by molar-refractivity contribution is 0.208. The Labute approximate surface area is 149 Å². The van der Waals surface area contributed by atoms with Crippen LogP contribution < -0.4 is 10.6 Å². The van der Waals surface area contributed by atoms with E-state index in [-0.39, 0.29) is 17.8 Å². The van der Waals surface area contributed by atoms with Gasteiger partial charge in [-0.05, 0) is 54.9 Å². The average molecular weight is 338 g/mol. The third-order valence-corrected chi connectivity index (χ3v) is 4.93. The minimum atomic E-state index is -0.0912. The van der Waals surface area contributed by atoms with Crippen LogP contribution in [0.4, 0.5) is 4.79 Å². The van der Waals surface area contributed by atoms with Gasteiger partial charge in [-0.25, -0.2) is 4.79 Å². The van der Waals surface area contributed by atoms with Gasteiger partial charge in [0.2, 0.25) is 0 Å². The minimum Gasteiger partial charge on any atom is -0.508 e. The van der Waals surface area contributed by atoms with Gasteiger partial charge in [0.25, 0.3) is 0 Å². The maximum absolute atomic E-state index is 12.3. The van der Waals surface area contributed by atoms with Crippen LogP contribution >= 0.6 is 0 Å². The van der Waals surface area contributed by atoms with Crippen molar-refractivity contribution in [2.75, 3.05) is 6.54 Å². The summed E-state index contributed by atoms with van der Waals surface area (Å²) in [5, 5.41) is 15.4. The summed E-state index contributed by atoms with van der Waals surface area (Å²) < 4.78 is 0. The Morgan fingerprint density at radius 1 is 1.08 bits per heavy atom. The second-order valence-corrected chi connectivity index (χ2v) is 6.75. The largest absolute Gasteiger partial charge is 0.508 e. The van der Waals surface area contributed by atoms with Crippen molar-refractivity contribution in [1.29, 1.82) is 0 Å². The molecule has 2 amide bonds. The SMILES string of the molecule is O=C(NCCCc1ccc(O)cc1)NC(c1ccccc1)C1CCC1. The van der Waals surface area contributed by atoms with E-state index in [1.807, 2.05) is 30.3 Å². The quantitative estimate of drug-likeness (QED) is 0.664. The number of nitrogens with one attached hydrogen (secondary N) is 2. The van der Waals surface area contributed by atoms with Crippen LogP contribution in [-0.4, -0.2) is 17.7 Å². The summed E-state index contributed by atoms with van der Waals surface area (Å²) in [5.41, 5.74) is 2.35. The van der Waals surface area contributed by atoms with E-state index >= 15 is 0 Å². The Morgan fingerprint density at radius 3 is 2.44 bits per heavy atom. The smallest absolute Gasteiger partial charge is 0.315 e. The number of hydrogen-bond acceptors (Lipinski definition) is 2. The number of carbonyl (C=O) groups excluding carboxylic acids is 1. The molecule has 0 saturated heterocycles. The highest BCUT2D eigenvalue weighted by molar-refractivity contribution is 5.74. The molecule has 0 aliphatic heterocycles.